The van der Waals surface area contributed by atoms with Gasteiger partial charge in [-0.3, -0.25) is 4.79 Å². The number of hydrogen-bond acceptors (Lipinski definition) is 2. The van der Waals surface area contributed by atoms with Crippen molar-refractivity contribution in [2.45, 2.75) is 44.3 Å². The van der Waals surface area contributed by atoms with Gasteiger partial charge in [-0.2, -0.15) is 0 Å². The van der Waals surface area contributed by atoms with Gasteiger partial charge in [-0.25, -0.2) is 0 Å². The first-order valence-corrected chi connectivity index (χ1v) is 12.6. The van der Waals surface area contributed by atoms with E-state index in [1.807, 2.05) is 13.0 Å². The first kappa shape index (κ1) is 18.0. The van der Waals surface area contributed by atoms with Crippen molar-refractivity contribution in [3.8, 4) is 0 Å². The lowest BCUT2D eigenvalue weighted by molar-refractivity contribution is 0.101. The topological polar surface area (TPSA) is 30.2 Å². The molecular weight excluding hydrogens is 348 g/mol. The fourth-order valence-electron chi connectivity index (χ4n) is 4.79. The van der Waals surface area contributed by atoms with Crippen molar-refractivity contribution in [3.63, 3.8) is 0 Å². The Morgan fingerprint density at radius 2 is 1.63 bits per heavy atom. The van der Waals surface area contributed by atoms with Gasteiger partial charge in [-0.1, -0.05) is 78.9 Å². The molecule has 2 aromatic carbocycles. The summed E-state index contributed by atoms with van der Waals surface area (Å²) in [4.78, 5) is 12.0. The zero-order valence-electron chi connectivity index (χ0n) is 16.5. The highest BCUT2D eigenvalue weighted by Gasteiger charge is 2.67. The molecule has 0 radical (unpaired) electrons. The van der Waals surface area contributed by atoms with Crippen molar-refractivity contribution < 1.29 is 9.21 Å². The lowest BCUT2D eigenvalue weighted by Gasteiger charge is -2.33. The van der Waals surface area contributed by atoms with Crippen LogP contribution in [0.4, 0.5) is 0 Å². The Morgan fingerprint density at radius 3 is 2.19 bits per heavy atom. The second kappa shape index (κ2) is 6.34. The van der Waals surface area contributed by atoms with Crippen molar-refractivity contribution in [1.29, 1.82) is 0 Å². The summed E-state index contributed by atoms with van der Waals surface area (Å²) < 4.78 is 6.28. The van der Waals surface area contributed by atoms with Crippen LogP contribution in [-0.2, 0) is 5.04 Å². The Labute approximate surface area is 162 Å². The van der Waals surface area contributed by atoms with Gasteiger partial charge in [0.1, 0.15) is 11.5 Å². The summed E-state index contributed by atoms with van der Waals surface area (Å²) in [5.74, 6) is 2.26. The highest BCUT2D eigenvalue weighted by molar-refractivity contribution is 6.93. The van der Waals surface area contributed by atoms with Crippen molar-refractivity contribution in [2.75, 3.05) is 0 Å². The lowest BCUT2D eigenvalue weighted by Crippen LogP contribution is -2.53. The molecule has 4 rings (SSSR count). The number of hydrogen-bond donors (Lipinski definition) is 0. The predicted molar refractivity (Wildman–Crippen MR) is 112 cm³/mol. The van der Waals surface area contributed by atoms with E-state index in [4.69, 9.17) is 4.42 Å². The normalized spacial score (nSPS) is 21.9. The summed E-state index contributed by atoms with van der Waals surface area (Å²) in [5.41, 5.74) is 2.09. The van der Waals surface area contributed by atoms with E-state index in [0.29, 0.717) is 5.92 Å². The Balaban J connectivity index is 1.88. The van der Waals surface area contributed by atoms with Gasteiger partial charge >= 0.3 is 0 Å². The molecule has 0 spiro atoms. The summed E-state index contributed by atoms with van der Waals surface area (Å²) in [6, 6.07) is 23.6. The Morgan fingerprint density at radius 1 is 1.04 bits per heavy atom. The van der Waals surface area contributed by atoms with Crippen molar-refractivity contribution in [3.05, 3.63) is 89.4 Å². The summed E-state index contributed by atoms with van der Waals surface area (Å²) in [5, 5.41) is 1.41. The largest absolute Gasteiger partial charge is 0.465 e. The Bertz CT molecular complexity index is 972. The molecule has 0 bridgehead atoms. The predicted octanol–water partition coefficient (Wildman–Crippen LogP) is 5.37. The number of ketones is 1. The fraction of sp³-hybridized carbons (Fsp3) is 0.292. The maximum Gasteiger partial charge on any atom is 0.163 e. The van der Waals surface area contributed by atoms with Crippen LogP contribution in [0.15, 0.2) is 71.1 Å². The van der Waals surface area contributed by atoms with Crippen LogP contribution in [0.5, 0.6) is 0 Å². The van der Waals surface area contributed by atoms with Crippen molar-refractivity contribution in [1.82, 2.24) is 0 Å². The van der Waals surface area contributed by atoms with E-state index in [2.05, 4.69) is 73.8 Å². The lowest BCUT2D eigenvalue weighted by atomic mass is 10.1. The van der Waals surface area contributed by atoms with E-state index < -0.39 is 8.07 Å². The number of carbonyl (C=O) groups is 1. The van der Waals surface area contributed by atoms with Crippen LogP contribution in [0.25, 0.3) is 0 Å². The van der Waals surface area contributed by atoms with Crippen LogP contribution in [0, 0.1) is 6.92 Å². The summed E-state index contributed by atoms with van der Waals surface area (Å²) >= 11 is 0. The van der Waals surface area contributed by atoms with Crippen LogP contribution in [0.2, 0.25) is 13.1 Å². The number of Topliss-reactive ketones (excluding diaryl/α,β-unsaturated/α-hetero) is 1. The molecule has 0 aliphatic heterocycles. The van der Waals surface area contributed by atoms with Crippen LogP contribution in [-0.4, -0.2) is 13.9 Å². The molecule has 0 unspecified atom stereocenters. The molecule has 138 valence electrons. The molecule has 0 saturated heterocycles. The number of rotatable bonds is 5. The standard InChI is InChI=1S/C24H26O2Si/c1-17(25)21-15-23(26-18(21)2)24(16-22(24)19-11-7-5-8-12-19)27(3,4)20-13-9-6-10-14-20/h5-15,22H,16H2,1-4H3/t22-,24+/m0/s1. The van der Waals surface area contributed by atoms with E-state index in [1.165, 1.54) is 10.8 Å². The van der Waals surface area contributed by atoms with Crippen molar-refractivity contribution in [2.24, 2.45) is 0 Å². The molecule has 2 atom stereocenters. The second-order valence-corrected chi connectivity index (χ2v) is 13.0. The minimum atomic E-state index is -1.93. The Hall–Kier alpha value is -2.39. The van der Waals surface area contributed by atoms with E-state index in [1.54, 1.807) is 6.92 Å². The SMILES string of the molecule is CC(=O)c1cc([C@@]2([Si](C)(C)c3ccccc3)C[C@H]2c2ccccc2)oc1C. The van der Waals surface area contributed by atoms with Gasteiger partial charge in [0.05, 0.1) is 13.6 Å². The average Bonchev–Trinajstić information content (AvgIpc) is 3.33. The smallest absolute Gasteiger partial charge is 0.163 e. The number of furan rings is 1. The van der Waals surface area contributed by atoms with Crippen LogP contribution >= 0.6 is 0 Å². The van der Waals surface area contributed by atoms with Gasteiger partial charge in [-0.05, 0) is 37.8 Å². The van der Waals surface area contributed by atoms with E-state index in [-0.39, 0.29) is 10.8 Å². The zero-order valence-corrected chi connectivity index (χ0v) is 17.5. The zero-order chi connectivity index (χ0) is 19.2. The van der Waals surface area contributed by atoms with Gasteiger partial charge in [-0.15, -0.1) is 0 Å². The molecule has 1 aromatic heterocycles. The third-order valence-corrected chi connectivity index (χ3v) is 11.3. The second-order valence-electron chi connectivity index (χ2n) is 8.27. The van der Waals surface area contributed by atoms with Gasteiger partial charge in [0, 0.05) is 5.04 Å². The molecule has 0 N–H and O–H groups in total. The fourth-order valence-corrected chi connectivity index (χ4v) is 8.82. The summed E-state index contributed by atoms with van der Waals surface area (Å²) in [7, 11) is -1.93. The molecule has 1 heterocycles. The molecule has 1 aliphatic rings. The maximum atomic E-state index is 12.0. The minimum absolute atomic E-state index is 0.0197. The molecule has 27 heavy (non-hydrogen) atoms. The number of aryl methyl sites for hydroxylation is 1. The van der Waals surface area contributed by atoms with E-state index >= 15 is 0 Å². The number of carbonyl (C=O) groups excluding carboxylic acids is 1. The summed E-state index contributed by atoms with van der Waals surface area (Å²) in [6.07, 6.45) is 1.08. The molecule has 2 nitrogen and oxygen atoms in total. The minimum Gasteiger partial charge on any atom is -0.465 e. The molecule has 1 aliphatic carbocycles. The molecule has 3 heteroatoms. The van der Waals surface area contributed by atoms with Gasteiger partial charge < -0.3 is 4.42 Å². The molecule has 3 aromatic rings. The van der Waals surface area contributed by atoms with E-state index in [9.17, 15) is 4.79 Å². The maximum absolute atomic E-state index is 12.0. The van der Waals surface area contributed by atoms with Gasteiger partial charge in [0.2, 0.25) is 0 Å². The molecular formula is C24H26O2Si. The first-order valence-electron chi connectivity index (χ1n) is 9.60. The van der Waals surface area contributed by atoms with Gasteiger partial charge in [0.15, 0.2) is 5.78 Å². The van der Waals surface area contributed by atoms with Crippen LogP contribution < -0.4 is 5.19 Å². The first-order chi connectivity index (χ1) is 12.9. The third-order valence-electron chi connectivity index (χ3n) is 6.51. The molecule has 0 amide bonds. The van der Waals surface area contributed by atoms with Crippen LogP contribution in [0.3, 0.4) is 0 Å². The average molecular weight is 375 g/mol. The van der Waals surface area contributed by atoms with Crippen molar-refractivity contribution >= 4 is 19.0 Å². The third kappa shape index (κ3) is 2.72. The molecule has 1 fully saturated rings. The quantitative estimate of drug-likeness (QED) is 0.444. The number of benzene rings is 2. The highest BCUT2D eigenvalue weighted by atomic mass is 28.3. The highest BCUT2D eigenvalue weighted by Crippen LogP contribution is 2.65. The van der Waals surface area contributed by atoms with E-state index in [0.717, 1.165) is 23.5 Å². The monoisotopic (exact) mass is 374 g/mol. The summed E-state index contributed by atoms with van der Waals surface area (Å²) in [6.45, 7) is 8.41. The van der Waals surface area contributed by atoms with Gasteiger partial charge in [0.25, 0.3) is 0 Å². The van der Waals surface area contributed by atoms with Crippen LogP contribution in [0.1, 0.15) is 46.7 Å². The Kier molecular flexibility index (Phi) is 4.23. The molecule has 1 saturated carbocycles.